The predicted molar refractivity (Wildman–Crippen MR) is 76.7 cm³/mol. The van der Waals surface area contributed by atoms with Crippen molar-refractivity contribution in [1.29, 1.82) is 0 Å². The lowest BCUT2D eigenvalue weighted by molar-refractivity contribution is -0.119. The highest BCUT2D eigenvalue weighted by Gasteiger charge is 2.21. The van der Waals surface area contributed by atoms with Crippen LogP contribution in [0.1, 0.15) is 31.7 Å². The maximum atomic E-state index is 12.1. The number of nitrogens with two attached hydrogens (primary N) is 1. The van der Waals surface area contributed by atoms with Crippen molar-refractivity contribution in [2.75, 3.05) is 18.8 Å². The molecule has 1 aliphatic heterocycles. The highest BCUT2D eigenvalue weighted by molar-refractivity contribution is 5.81. The summed E-state index contributed by atoms with van der Waals surface area (Å²) in [6.07, 6.45) is 5.26. The number of rotatable bonds is 5. The highest BCUT2D eigenvalue weighted by atomic mass is 16.1. The first-order valence-corrected chi connectivity index (χ1v) is 7.08. The van der Waals surface area contributed by atoms with Gasteiger partial charge in [-0.05, 0) is 55.5 Å². The second-order valence-corrected chi connectivity index (χ2v) is 5.59. The van der Waals surface area contributed by atoms with E-state index in [1.807, 2.05) is 6.07 Å². The number of carbonyl (C=O) groups is 1. The number of nitrogen functional groups attached to an aromatic ring is 1. The van der Waals surface area contributed by atoms with Gasteiger partial charge in [0.15, 0.2) is 0 Å². The Morgan fingerprint density at radius 3 is 3.16 bits per heavy atom. The zero-order valence-electron chi connectivity index (χ0n) is 11.6. The number of nitrogens with one attached hydrogen (secondary N) is 1. The zero-order chi connectivity index (χ0) is 13.7. The average molecular weight is 261 g/mol. The molecule has 1 aromatic rings. The molecule has 104 valence electrons. The van der Waals surface area contributed by atoms with E-state index in [-0.39, 0.29) is 0 Å². The van der Waals surface area contributed by atoms with Crippen molar-refractivity contribution in [2.45, 2.75) is 32.6 Å². The molecule has 0 bridgehead atoms. The van der Waals surface area contributed by atoms with Gasteiger partial charge in [0.1, 0.15) is 11.6 Å². The standard InChI is InChI=1S/C15H23N3O/c1-11(13-3-2-5-17-10-13)7-14(19)8-12-4-6-18-15(16)9-12/h4,6,9,11,13,17H,2-3,5,7-8,10H2,1H3,(H2,16,18). The third-order valence-corrected chi connectivity index (χ3v) is 3.94. The number of Topliss-reactive ketones (excluding diaryl/α,β-unsaturated/α-hetero) is 1. The van der Waals surface area contributed by atoms with Crippen molar-refractivity contribution in [2.24, 2.45) is 11.8 Å². The first kappa shape index (κ1) is 14.0. The minimum absolute atomic E-state index is 0.295. The molecule has 2 unspecified atom stereocenters. The van der Waals surface area contributed by atoms with Crippen LogP contribution in [-0.2, 0) is 11.2 Å². The fraction of sp³-hybridized carbons (Fsp3) is 0.600. The molecule has 1 fully saturated rings. The summed E-state index contributed by atoms with van der Waals surface area (Å²) in [4.78, 5) is 16.0. The molecule has 0 radical (unpaired) electrons. The summed E-state index contributed by atoms with van der Waals surface area (Å²) in [5.74, 6) is 1.87. The predicted octanol–water partition coefficient (Wildman–Crippen LogP) is 1.80. The van der Waals surface area contributed by atoms with Gasteiger partial charge in [-0.1, -0.05) is 6.92 Å². The topological polar surface area (TPSA) is 68.0 Å². The van der Waals surface area contributed by atoms with Crippen molar-refractivity contribution in [3.05, 3.63) is 23.9 Å². The Morgan fingerprint density at radius 2 is 2.47 bits per heavy atom. The summed E-state index contributed by atoms with van der Waals surface area (Å²) in [7, 11) is 0. The first-order valence-electron chi connectivity index (χ1n) is 7.08. The molecule has 2 heterocycles. The van der Waals surface area contributed by atoms with Gasteiger partial charge in [0.25, 0.3) is 0 Å². The van der Waals surface area contributed by atoms with E-state index in [9.17, 15) is 4.79 Å². The number of ketones is 1. The van der Waals surface area contributed by atoms with Crippen molar-refractivity contribution in [1.82, 2.24) is 10.3 Å². The molecule has 0 amide bonds. The molecule has 0 aromatic carbocycles. The van der Waals surface area contributed by atoms with Crippen LogP contribution in [-0.4, -0.2) is 23.9 Å². The Bertz CT molecular complexity index is 427. The second kappa shape index (κ2) is 6.66. The van der Waals surface area contributed by atoms with Crippen LogP contribution in [0.5, 0.6) is 0 Å². The zero-order valence-corrected chi connectivity index (χ0v) is 11.6. The molecular formula is C15H23N3O. The first-order chi connectivity index (χ1) is 9.15. The number of hydrogen-bond donors (Lipinski definition) is 2. The number of aromatic nitrogens is 1. The van der Waals surface area contributed by atoms with E-state index in [4.69, 9.17) is 5.73 Å². The van der Waals surface area contributed by atoms with Crippen LogP contribution in [0.15, 0.2) is 18.3 Å². The average Bonchev–Trinajstić information content (AvgIpc) is 2.39. The van der Waals surface area contributed by atoms with Crippen LogP contribution in [0.25, 0.3) is 0 Å². The van der Waals surface area contributed by atoms with E-state index in [0.29, 0.717) is 36.3 Å². The summed E-state index contributed by atoms with van der Waals surface area (Å²) in [5.41, 5.74) is 6.59. The van der Waals surface area contributed by atoms with Crippen LogP contribution < -0.4 is 11.1 Å². The maximum absolute atomic E-state index is 12.1. The molecule has 19 heavy (non-hydrogen) atoms. The number of anilines is 1. The number of nitrogens with zero attached hydrogens (tertiary/aromatic N) is 1. The number of pyridine rings is 1. The molecule has 0 aliphatic carbocycles. The van der Waals surface area contributed by atoms with E-state index in [1.54, 1.807) is 12.3 Å². The van der Waals surface area contributed by atoms with E-state index in [1.165, 1.54) is 12.8 Å². The van der Waals surface area contributed by atoms with Gasteiger partial charge >= 0.3 is 0 Å². The molecule has 0 spiro atoms. The number of hydrogen-bond acceptors (Lipinski definition) is 4. The van der Waals surface area contributed by atoms with E-state index < -0.39 is 0 Å². The molecule has 3 N–H and O–H groups in total. The summed E-state index contributed by atoms with van der Waals surface area (Å²) < 4.78 is 0. The molecule has 1 aliphatic rings. The van der Waals surface area contributed by atoms with Gasteiger partial charge in [-0.3, -0.25) is 4.79 Å². The van der Waals surface area contributed by atoms with Gasteiger partial charge in [0, 0.05) is 19.0 Å². The third kappa shape index (κ3) is 4.31. The summed E-state index contributed by atoms with van der Waals surface area (Å²) in [6, 6.07) is 3.64. The monoisotopic (exact) mass is 261 g/mol. The Balaban J connectivity index is 1.83. The van der Waals surface area contributed by atoms with Crippen molar-refractivity contribution in [3.8, 4) is 0 Å². The van der Waals surface area contributed by atoms with Crippen molar-refractivity contribution >= 4 is 11.6 Å². The molecule has 4 heteroatoms. The minimum atomic E-state index is 0.295. The Morgan fingerprint density at radius 1 is 1.63 bits per heavy atom. The van der Waals surface area contributed by atoms with Crippen molar-refractivity contribution in [3.63, 3.8) is 0 Å². The van der Waals surface area contributed by atoms with Gasteiger partial charge in [-0.25, -0.2) is 4.98 Å². The van der Waals surface area contributed by atoms with Gasteiger partial charge in [-0.2, -0.15) is 0 Å². The number of piperidine rings is 1. The highest BCUT2D eigenvalue weighted by Crippen LogP contribution is 2.23. The lowest BCUT2D eigenvalue weighted by Crippen LogP contribution is -2.34. The molecule has 1 saturated heterocycles. The second-order valence-electron chi connectivity index (χ2n) is 5.59. The molecule has 2 atom stereocenters. The van der Waals surface area contributed by atoms with E-state index in [2.05, 4.69) is 17.2 Å². The lowest BCUT2D eigenvalue weighted by atomic mass is 9.84. The molecule has 0 saturated carbocycles. The van der Waals surface area contributed by atoms with Gasteiger partial charge in [0.2, 0.25) is 0 Å². The van der Waals surface area contributed by atoms with Crippen LogP contribution in [0.4, 0.5) is 5.82 Å². The third-order valence-electron chi connectivity index (χ3n) is 3.94. The maximum Gasteiger partial charge on any atom is 0.137 e. The molecule has 2 rings (SSSR count). The van der Waals surface area contributed by atoms with Gasteiger partial charge < -0.3 is 11.1 Å². The van der Waals surface area contributed by atoms with Gasteiger partial charge in [0.05, 0.1) is 0 Å². The summed E-state index contributed by atoms with van der Waals surface area (Å²) in [5, 5.41) is 3.41. The normalized spacial score (nSPS) is 21.0. The molecule has 4 nitrogen and oxygen atoms in total. The minimum Gasteiger partial charge on any atom is -0.384 e. The van der Waals surface area contributed by atoms with Crippen LogP contribution >= 0.6 is 0 Å². The van der Waals surface area contributed by atoms with E-state index in [0.717, 1.165) is 18.7 Å². The Labute approximate surface area is 114 Å². The van der Waals surface area contributed by atoms with Crippen LogP contribution in [0, 0.1) is 11.8 Å². The largest absolute Gasteiger partial charge is 0.384 e. The molecule has 1 aromatic heterocycles. The fourth-order valence-electron chi connectivity index (χ4n) is 2.79. The SMILES string of the molecule is CC(CC(=O)Cc1ccnc(N)c1)C1CCCNC1. The summed E-state index contributed by atoms with van der Waals surface area (Å²) in [6.45, 7) is 4.36. The molecular weight excluding hydrogens is 238 g/mol. The Kier molecular flexibility index (Phi) is 4.91. The Hall–Kier alpha value is -1.42. The lowest BCUT2D eigenvalue weighted by Gasteiger charge is -2.28. The summed E-state index contributed by atoms with van der Waals surface area (Å²) >= 11 is 0. The fourth-order valence-corrected chi connectivity index (χ4v) is 2.79. The van der Waals surface area contributed by atoms with Crippen LogP contribution in [0.3, 0.4) is 0 Å². The smallest absolute Gasteiger partial charge is 0.137 e. The van der Waals surface area contributed by atoms with Gasteiger partial charge in [-0.15, -0.1) is 0 Å². The van der Waals surface area contributed by atoms with E-state index >= 15 is 0 Å². The van der Waals surface area contributed by atoms with Crippen LogP contribution in [0.2, 0.25) is 0 Å². The quantitative estimate of drug-likeness (QED) is 0.848. The number of carbonyl (C=O) groups excluding carboxylic acids is 1. The van der Waals surface area contributed by atoms with Crippen molar-refractivity contribution < 1.29 is 4.79 Å².